The maximum Gasteiger partial charge on any atom is 0.228 e. The third-order valence-electron chi connectivity index (χ3n) is 5.61. The van der Waals surface area contributed by atoms with E-state index in [1.807, 2.05) is 48.5 Å². The molecule has 35 heavy (non-hydrogen) atoms. The summed E-state index contributed by atoms with van der Waals surface area (Å²) in [5.74, 6) is 0.928. The Kier molecular flexibility index (Phi) is 6.79. The zero-order valence-corrected chi connectivity index (χ0v) is 19.8. The van der Waals surface area contributed by atoms with Crippen LogP contribution in [0.2, 0.25) is 0 Å². The number of rotatable bonds is 7. The Morgan fingerprint density at radius 2 is 1.80 bits per heavy atom. The Morgan fingerprint density at radius 1 is 1.03 bits per heavy atom. The maximum absolute atomic E-state index is 9.01. The number of hydrogen-bond donors (Lipinski definition) is 2. The third kappa shape index (κ3) is 5.54. The number of nitrogens with two attached hydrogens (primary N) is 1. The van der Waals surface area contributed by atoms with Crippen LogP contribution in [0.25, 0.3) is 0 Å². The lowest BCUT2D eigenvalue weighted by Crippen LogP contribution is -2.36. The summed E-state index contributed by atoms with van der Waals surface area (Å²) in [6.45, 7) is 3.91. The van der Waals surface area contributed by atoms with Crippen LogP contribution in [0.4, 0.5) is 23.1 Å². The second-order valence-electron chi connectivity index (χ2n) is 7.95. The summed E-state index contributed by atoms with van der Waals surface area (Å²) in [5, 5.41) is 13.1. The summed E-state index contributed by atoms with van der Waals surface area (Å²) in [6.07, 6.45) is 3.34. The van der Waals surface area contributed by atoms with E-state index in [-0.39, 0.29) is 5.69 Å². The number of morpholine rings is 1. The zero-order valence-electron chi connectivity index (χ0n) is 19.0. The van der Waals surface area contributed by atoms with E-state index in [1.165, 1.54) is 5.69 Å². The summed E-state index contributed by atoms with van der Waals surface area (Å²) in [6, 6.07) is 20.3. The van der Waals surface area contributed by atoms with Crippen LogP contribution < -0.4 is 16.0 Å². The monoisotopic (exact) mass is 484 g/mol. The van der Waals surface area contributed by atoms with Crippen LogP contribution in [0.15, 0.2) is 77.0 Å². The smallest absolute Gasteiger partial charge is 0.228 e. The minimum Gasteiger partial charge on any atom is -0.383 e. The van der Waals surface area contributed by atoms with Gasteiger partial charge >= 0.3 is 0 Å². The molecule has 1 saturated heterocycles. The Morgan fingerprint density at radius 3 is 2.51 bits per heavy atom. The van der Waals surface area contributed by atoms with Crippen LogP contribution in [0.3, 0.4) is 0 Å². The number of nitriles is 1. The van der Waals surface area contributed by atoms with Gasteiger partial charge in [0.25, 0.3) is 0 Å². The Hall–Kier alpha value is -4.07. The fraction of sp³-hybridized carbons (Fsp3) is 0.200. The predicted molar refractivity (Wildman–Crippen MR) is 136 cm³/mol. The van der Waals surface area contributed by atoms with E-state index in [9.17, 15) is 0 Å². The summed E-state index contributed by atoms with van der Waals surface area (Å²) in [5.41, 5.74) is 9.39. The molecule has 1 aliphatic rings. The Bertz CT molecular complexity index is 1330. The topological polar surface area (TPSA) is 118 Å². The maximum atomic E-state index is 9.01. The summed E-state index contributed by atoms with van der Waals surface area (Å²) < 4.78 is 7.19. The highest BCUT2D eigenvalue weighted by atomic mass is 32.2. The molecular weight excluding hydrogens is 460 g/mol. The zero-order chi connectivity index (χ0) is 24.0. The van der Waals surface area contributed by atoms with Crippen molar-refractivity contribution < 1.29 is 4.74 Å². The number of ether oxygens (including phenoxy) is 1. The number of nitrogens with zero attached hydrogens (tertiary/aromatic N) is 6. The standard InChI is InChI=1S/C25H24N8OS/c26-15-22-24(27)33(17-29-22)16-18-1-7-21(8-2-18)35-23-9-10-28-25(31-23)30-19-3-5-20(6-4-19)32-11-13-34-14-12-32/h1-10,17H,11-14,16,27H2,(H,28,30,31). The van der Waals surface area contributed by atoms with Gasteiger partial charge in [0.15, 0.2) is 5.69 Å². The number of hydrogen-bond acceptors (Lipinski definition) is 9. The molecule has 4 aromatic rings. The molecule has 0 saturated carbocycles. The van der Waals surface area contributed by atoms with E-state index in [0.29, 0.717) is 18.3 Å². The minimum atomic E-state index is 0.249. The molecule has 5 rings (SSSR count). The van der Waals surface area contributed by atoms with Gasteiger partial charge in [0.1, 0.15) is 16.9 Å². The lowest BCUT2D eigenvalue weighted by Gasteiger charge is -2.28. The number of nitrogen functional groups attached to an aromatic ring is 1. The first-order valence-corrected chi connectivity index (χ1v) is 12.0. The number of benzene rings is 2. The van der Waals surface area contributed by atoms with Gasteiger partial charge in [-0.3, -0.25) is 0 Å². The van der Waals surface area contributed by atoms with Crippen molar-refractivity contribution in [3.8, 4) is 6.07 Å². The van der Waals surface area contributed by atoms with Gasteiger partial charge in [0.2, 0.25) is 5.95 Å². The number of nitrogens with one attached hydrogen (secondary N) is 1. The molecule has 3 N–H and O–H groups in total. The van der Waals surface area contributed by atoms with Crippen molar-refractivity contribution in [2.75, 3.05) is 42.3 Å². The first-order valence-electron chi connectivity index (χ1n) is 11.2. The minimum absolute atomic E-state index is 0.249. The van der Waals surface area contributed by atoms with Gasteiger partial charge in [-0.15, -0.1) is 0 Å². The molecule has 1 aliphatic heterocycles. The molecule has 0 atom stereocenters. The first kappa shape index (κ1) is 22.7. The molecule has 0 spiro atoms. The average Bonchev–Trinajstić information content (AvgIpc) is 3.25. The van der Waals surface area contributed by atoms with Gasteiger partial charge in [-0.1, -0.05) is 23.9 Å². The molecule has 3 heterocycles. The number of imidazole rings is 1. The molecule has 0 aliphatic carbocycles. The van der Waals surface area contributed by atoms with Gasteiger partial charge in [-0.2, -0.15) is 5.26 Å². The van der Waals surface area contributed by atoms with Crippen molar-refractivity contribution >= 4 is 34.9 Å². The van der Waals surface area contributed by atoms with Crippen molar-refractivity contribution in [3.05, 3.63) is 78.4 Å². The van der Waals surface area contributed by atoms with Crippen LogP contribution in [0, 0.1) is 11.3 Å². The molecule has 10 heteroatoms. The Balaban J connectivity index is 1.20. The fourth-order valence-electron chi connectivity index (χ4n) is 3.75. The highest BCUT2D eigenvalue weighted by Gasteiger charge is 2.11. The van der Waals surface area contributed by atoms with E-state index in [2.05, 4.69) is 37.3 Å². The molecule has 176 valence electrons. The quantitative estimate of drug-likeness (QED) is 0.376. The third-order valence-corrected chi connectivity index (χ3v) is 6.56. The predicted octanol–water partition coefficient (Wildman–Crippen LogP) is 3.91. The van der Waals surface area contributed by atoms with Crippen LogP contribution in [-0.4, -0.2) is 45.8 Å². The van der Waals surface area contributed by atoms with E-state index < -0.39 is 0 Å². The van der Waals surface area contributed by atoms with Crippen LogP contribution >= 0.6 is 11.8 Å². The molecule has 0 unspecified atom stereocenters. The van der Waals surface area contributed by atoms with Crippen molar-refractivity contribution in [1.82, 2.24) is 19.5 Å². The van der Waals surface area contributed by atoms with Gasteiger partial charge in [0.05, 0.1) is 26.1 Å². The molecule has 2 aromatic heterocycles. The van der Waals surface area contributed by atoms with Crippen molar-refractivity contribution in [1.29, 1.82) is 5.26 Å². The van der Waals surface area contributed by atoms with E-state index >= 15 is 0 Å². The lowest BCUT2D eigenvalue weighted by molar-refractivity contribution is 0.122. The van der Waals surface area contributed by atoms with Crippen molar-refractivity contribution in [2.45, 2.75) is 16.5 Å². The highest BCUT2D eigenvalue weighted by Crippen LogP contribution is 2.28. The Labute approximate surface area is 207 Å². The first-order chi connectivity index (χ1) is 17.2. The molecule has 0 radical (unpaired) electrons. The van der Waals surface area contributed by atoms with Gasteiger partial charge in [0, 0.05) is 35.6 Å². The highest BCUT2D eigenvalue weighted by molar-refractivity contribution is 7.99. The molecule has 9 nitrogen and oxygen atoms in total. The van der Waals surface area contributed by atoms with Crippen molar-refractivity contribution in [2.24, 2.45) is 0 Å². The largest absolute Gasteiger partial charge is 0.383 e. The average molecular weight is 485 g/mol. The van der Waals surface area contributed by atoms with Gasteiger partial charge in [-0.05, 0) is 48.0 Å². The SMILES string of the molecule is N#Cc1ncn(Cc2ccc(Sc3ccnc(Nc4ccc(N5CCOCC5)cc4)n3)cc2)c1N. The van der Waals surface area contributed by atoms with Crippen LogP contribution in [0.1, 0.15) is 11.3 Å². The van der Waals surface area contributed by atoms with E-state index in [0.717, 1.165) is 47.5 Å². The second-order valence-corrected chi connectivity index (χ2v) is 9.05. The summed E-state index contributed by atoms with van der Waals surface area (Å²) >= 11 is 1.56. The molecule has 0 bridgehead atoms. The summed E-state index contributed by atoms with van der Waals surface area (Å²) in [7, 11) is 0. The molecule has 1 fully saturated rings. The normalized spacial score (nSPS) is 13.4. The van der Waals surface area contributed by atoms with Gasteiger partial charge in [-0.25, -0.2) is 15.0 Å². The summed E-state index contributed by atoms with van der Waals surface area (Å²) in [4.78, 5) is 16.4. The van der Waals surface area contributed by atoms with Gasteiger partial charge < -0.3 is 25.3 Å². The molecule has 2 aromatic carbocycles. The lowest BCUT2D eigenvalue weighted by atomic mass is 10.2. The fourth-order valence-corrected chi connectivity index (χ4v) is 4.52. The number of anilines is 4. The van der Waals surface area contributed by atoms with E-state index in [4.69, 9.17) is 15.7 Å². The molecule has 0 amide bonds. The molecular formula is C25H24N8OS. The van der Waals surface area contributed by atoms with E-state index in [1.54, 1.807) is 28.9 Å². The second kappa shape index (κ2) is 10.5. The van der Waals surface area contributed by atoms with Crippen LogP contribution in [-0.2, 0) is 11.3 Å². The number of aromatic nitrogens is 4. The van der Waals surface area contributed by atoms with Crippen molar-refractivity contribution in [3.63, 3.8) is 0 Å². The van der Waals surface area contributed by atoms with Crippen LogP contribution in [0.5, 0.6) is 0 Å².